The van der Waals surface area contributed by atoms with E-state index in [4.69, 9.17) is 0 Å². The minimum absolute atomic E-state index is 0.0629. The van der Waals surface area contributed by atoms with E-state index in [9.17, 15) is 4.79 Å². The van der Waals surface area contributed by atoms with E-state index in [2.05, 4.69) is 49.2 Å². The van der Waals surface area contributed by atoms with Crippen molar-refractivity contribution in [3.05, 3.63) is 82.9 Å². The number of carbonyl (C=O) groups excluding carboxylic acids is 1. The van der Waals surface area contributed by atoms with Crippen molar-refractivity contribution in [2.24, 2.45) is 0 Å². The van der Waals surface area contributed by atoms with Gasteiger partial charge in [0.05, 0.1) is 0 Å². The largest absolute Gasteiger partial charge is 0.371 e. The molecule has 3 nitrogen and oxygen atoms in total. The molecule has 0 unspecified atom stereocenters. The number of benzene rings is 3. The Bertz CT molecular complexity index is 1020. The summed E-state index contributed by atoms with van der Waals surface area (Å²) in [5.41, 5.74) is 8.72. The lowest BCUT2D eigenvalue weighted by atomic mass is 10.00. The van der Waals surface area contributed by atoms with Gasteiger partial charge < -0.3 is 10.2 Å². The first-order valence-corrected chi connectivity index (χ1v) is 10.4. The Kier molecular flexibility index (Phi) is 5.39. The first-order chi connectivity index (χ1) is 14.0. The van der Waals surface area contributed by atoms with Crippen LogP contribution in [0, 0.1) is 20.8 Å². The highest BCUT2D eigenvalue weighted by Crippen LogP contribution is 2.35. The SMILES string of the molecule is Cc1cc(C)c(N2CCCC2)c(C)c1NC(=O)c1ccc(-c2ccccc2)cc1. The third-order valence-electron chi connectivity index (χ3n) is 5.85. The van der Waals surface area contributed by atoms with E-state index in [0.717, 1.165) is 35.5 Å². The summed E-state index contributed by atoms with van der Waals surface area (Å²) in [5, 5.41) is 3.18. The molecule has 0 radical (unpaired) electrons. The molecule has 0 aliphatic carbocycles. The number of rotatable bonds is 4. The predicted molar refractivity (Wildman–Crippen MR) is 122 cm³/mol. The third kappa shape index (κ3) is 3.91. The van der Waals surface area contributed by atoms with Gasteiger partial charge in [-0.25, -0.2) is 0 Å². The molecule has 0 aromatic heterocycles. The second-order valence-electron chi connectivity index (χ2n) is 7.95. The Morgan fingerprint density at radius 3 is 2.10 bits per heavy atom. The minimum Gasteiger partial charge on any atom is -0.371 e. The summed E-state index contributed by atoms with van der Waals surface area (Å²) >= 11 is 0. The Labute approximate surface area is 173 Å². The van der Waals surface area contributed by atoms with Gasteiger partial charge in [-0.15, -0.1) is 0 Å². The summed E-state index contributed by atoms with van der Waals surface area (Å²) in [6, 6.07) is 20.2. The van der Waals surface area contributed by atoms with Crippen molar-refractivity contribution in [3.63, 3.8) is 0 Å². The van der Waals surface area contributed by atoms with Gasteiger partial charge >= 0.3 is 0 Å². The van der Waals surface area contributed by atoms with Crippen LogP contribution in [0.5, 0.6) is 0 Å². The molecule has 1 fully saturated rings. The van der Waals surface area contributed by atoms with E-state index in [1.807, 2.05) is 42.5 Å². The molecule has 148 valence electrons. The van der Waals surface area contributed by atoms with Gasteiger partial charge in [0.2, 0.25) is 0 Å². The first kappa shape index (κ1) is 19.3. The molecule has 1 amide bonds. The first-order valence-electron chi connectivity index (χ1n) is 10.4. The van der Waals surface area contributed by atoms with Gasteiger partial charge in [-0.2, -0.15) is 0 Å². The quantitative estimate of drug-likeness (QED) is 0.587. The topological polar surface area (TPSA) is 32.3 Å². The molecule has 1 N–H and O–H groups in total. The summed E-state index contributed by atoms with van der Waals surface area (Å²) in [6.45, 7) is 8.56. The third-order valence-corrected chi connectivity index (χ3v) is 5.85. The zero-order valence-electron chi connectivity index (χ0n) is 17.5. The number of nitrogens with one attached hydrogen (secondary N) is 1. The van der Waals surface area contributed by atoms with E-state index in [-0.39, 0.29) is 5.91 Å². The molecule has 3 aromatic carbocycles. The predicted octanol–water partition coefficient (Wildman–Crippen LogP) is 6.13. The molecule has 0 bridgehead atoms. The summed E-state index contributed by atoms with van der Waals surface area (Å²) in [7, 11) is 0. The Hall–Kier alpha value is -3.07. The van der Waals surface area contributed by atoms with Crippen LogP contribution in [0.3, 0.4) is 0 Å². The monoisotopic (exact) mass is 384 g/mol. The minimum atomic E-state index is -0.0629. The molecule has 0 spiro atoms. The van der Waals surface area contributed by atoms with Crippen LogP contribution in [0.4, 0.5) is 11.4 Å². The molecule has 1 aliphatic heterocycles. The standard InChI is InChI=1S/C26H28N2O/c1-18-17-19(2)25(28-15-7-8-16-28)20(3)24(18)27-26(29)23-13-11-22(12-14-23)21-9-5-4-6-10-21/h4-6,9-14,17H,7-8,15-16H2,1-3H3,(H,27,29). The van der Waals surface area contributed by atoms with Crippen LogP contribution in [0.1, 0.15) is 39.9 Å². The number of hydrogen-bond donors (Lipinski definition) is 1. The maximum atomic E-state index is 13.0. The summed E-state index contributed by atoms with van der Waals surface area (Å²) in [6.07, 6.45) is 2.48. The van der Waals surface area contributed by atoms with Crippen LogP contribution in [-0.4, -0.2) is 19.0 Å². The van der Waals surface area contributed by atoms with Crippen LogP contribution in [-0.2, 0) is 0 Å². The number of hydrogen-bond acceptors (Lipinski definition) is 2. The number of aryl methyl sites for hydroxylation is 2. The molecule has 1 saturated heterocycles. The van der Waals surface area contributed by atoms with Crippen LogP contribution < -0.4 is 10.2 Å². The number of carbonyl (C=O) groups is 1. The molecule has 0 atom stereocenters. The number of amides is 1. The second kappa shape index (κ2) is 8.12. The Morgan fingerprint density at radius 2 is 1.45 bits per heavy atom. The lowest BCUT2D eigenvalue weighted by Gasteiger charge is -2.26. The molecule has 29 heavy (non-hydrogen) atoms. The molecule has 1 heterocycles. The van der Waals surface area contributed by atoms with Gasteiger partial charge in [0.1, 0.15) is 0 Å². The molecule has 1 aliphatic rings. The van der Waals surface area contributed by atoms with Gasteiger partial charge in [-0.3, -0.25) is 4.79 Å². The fraction of sp³-hybridized carbons (Fsp3) is 0.269. The van der Waals surface area contributed by atoms with E-state index in [1.165, 1.54) is 29.7 Å². The second-order valence-corrected chi connectivity index (χ2v) is 7.95. The fourth-order valence-electron chi connectivity index (χ4n) is 4.43. The molecular formula is C26H28N2O. The van der Waals surface area contributed by atoms with Crippen molar-refractivity contribution in [1.82, 2.24) is 0 Å². The fourth-order valence-corrected chi connectivity index (χ4v) is 4.43. The van der Waals surface area contributed by atoms with E-state index >= 15 is 0 Å². The van der Waals surface area contributed by atoms with Crippen molar-refractivity contribution in [2.45, 2.75) is 33.6 Å². The molecule has 3 heteroatoms. The zero-order chi connectivity index (χ0) is 20.4. The van der Waals surface area contributed by atoms with Gasteiger partial charge in [0.25, 0.3) is 5.91 Å². The number of nitrogens with zero attached hydrogens (tertiary/aromatic N) is 1. The maximum absolute atomic E-state index is 13.0. The lowest BCUT2D eigenvalue weighted by Crippen LogP contribution is -2.22. The summed E-state index contributed by atoms with van der Waals surface area (Å²) in [5.74, 6) is -0.0629. The van der Waals surface area contributed by atoms with Crippen molar-refractivity contribution in [2.75, 3.05) is 23.3 Å². The van der Waals surface area contributed by atoms with Crippen LogP contribution in [0.25, 0.3) is 11.1 Å². The molecule has 0 saturated carbocycles. The van der Waals surface area contributed by atoms with E-state index in [1.54, 1.807) is 0 Å². The number of anilines is 2. The highest BCUT2D eigenvalue weighted by Gasteiger charge is 2.20. The van der Waals surface area contributed by atoms with Gasteiger partial charge in [0.15, 0.2) is 0 Å². The average Bonchev–Trinajstić information content (AvgIpc) is 3.26. The molecule has 4 rings (SSSR count). The highest BCUT2D eigenvalue weighted by atomic mass is 16.1. The molecular weight excluding hydrogens is 356 g/mol. The van der Waals surface area contributed by atoms with Crippen molar-refractivity contribution >= 4 is 17.3 Å². The Morgan fingerprint density at radius 1 is 0.828 bits per heavy atom. The summed E-state index contributed by atoms with van der Waals surface area (Å²) in [4.78, 5) is 15.4. The van der Waals surface area contributed by atoms with Crippen LogP contribution >= 0.6 is 0 Å². The average molecular weight is 385 g/mol. The zero-order valence-corrected chi connectivity index (χ0v) is 17.5. The highest BCUT2D eigenvalue weighted by molar-refractivity contribution is 6.05. The van der Waals surface area contributed by atoms with Gasteiger partial charge in [0, 0.05) is 30.0 Å². The smallest absolute Gasteiger partial charge is 0.255 e. The van der Waals surface area contributed by atoms with Crippen molar-refractivity contribution in [3.8, 4) is 11.1 Å². The normalized spacial score (nSPS) is 13.6. The van der Waals surface area contributed by atoms with Gasteiger partial charge in [-0.05, 0) is 73.6 Å². The summed E-state index contributed by atoms with van der Waals surface area (Å²) < 4.78 is 0. The molecule has 3 aromatic rings. The van der Waals surface area contributed by atoms with Crippen molar-refractivity contribution in [1.29, 1.82) is 0 Å². The van der Waals surface area contributed by atoms with Crippen LogP contribution in [0.15, 0.2) is 60.7 Å². The lowest BCUT2D eigenvalue weighted by molar-refractivity contribution is 0.102. The van der Waals surface area contributed by atoms with Crippen LogP contribution in [0.2, 0.25) is 0 Å². The van der Waals surface area contributed by atoms with Crippen molar-refractivity contribution < 1.29 is 4.79 Å². The maximum Gasteiger partial charge on any atom is 0.255 e. The van der Waals surface area contributed by atoms with E-state index < -0.39 is 0 Å². The van der Waals surface area contributed by atoms with E-state index in [0.29, 0.717) is 5.56 Å². The Balaban J connectivity index is 1.59. The van der Waals surface area contributed by atoms with Gasteiger partial charge in [-0.1, -0.05) is 48.5 Å².